The number of benzene rings is 1. The largest absolute Gasteiger partial charge is 0.321 e. The smallest absolute Gasteiger partial charge is 0.266 e. The van der Waals surface area contributed by atoms with Crippen LogP contribution in [0, 0.1) is 5.41 Å². The van der Waals surface area contributed by atoms with E-state index >= 15 is 0 Å². The first-order valence-electron chi connectivity index (χ1n) is 9.50. The number of nitrogens with one attached hydrogen (secondary N) is 1. The lowest BCUT2D eigenvalue weighted by Crippen LogP contribution is -2.28. The second-order valence-corrected chi connectivity index (χ2v) is 12.8. The molecule has 3 rings (SSSR count). The van der Waals surface area contributed by atoms with Crippen LogP contribution in [0.5, 0.6) is 0 Å². The van der Waals surface area contributed by atoms with Gasteiger partial charge in [0, 0.05) is 18.4 Å². The molecular formula is C22H27NO4S2. The van der Waals surface area contributed by atoms with Crippen LogP contribution in [-0.4, -0.2) is 26.4 Å². The second kappa shape index (κ2) is 7.06. The Morgan fingerprint density at radius 2 is 1.69 bits per heavy atom. The van der Waals surface area contributed by atoms with Crippen LogP contribution in [0.25, 0.3) is 0 Å². The molecule has 1 aromatic heterocycles. The van der Waals surface area contributed by atoms with E-state index in [2.05, 4.69) is 26.1 Å². The minimum atomic E-state index is -3.60. The molecule has 0 spiro atoms. The molecule has 2 aromatic rings. The predicted molar refractivity (Wildman–Crippen MR) is 117 cm³/mol. The maximum Gasteiger partial charge on any atom is 0.266 e. The van der Waals surface area contributed by atoms with Crippen molar-refractivity contribution in [2.75, 3.05) is 11.6 Å². The van der Waals surface area contributed by atoms with E-state index in [0.29, 0.717) is 22.5 Å². The van der Waals surface area contributed by atoms with Gasteiger partial charge in [-0.3, -0.25) is 9.59 Å². The van der Waals surface area contributed by atoms with E-state index in [4.69, 9.17) is 0 Å². The van der Waals surface area contributed by atoms with Gasteiger partial charge < -0.3 is 5.32 Å². The normalized spacial score (nSPS) is 16.4. The quantitative estimate of drug-likeness (QED) is 0.750. The Morgan fingerprint density at radius 3 is 2.21 bits per heavy atom. The summed E-state index contributed by atoms with van der Waals surface area (Å²) in [5.74, 6) is -0.586. The fourth-order valence-corrected chi connectivity index (χ4v) is 6.07. The molecule has 1 heterocycles. The highest BCUT2D eigenvalue weighted by Gasteiger charge is 2.39. The second-order valence-electron chi connectivity index (χ2n) is 9.57. The maximum absolute atomic E-state index is 13.0. The standard InChI is InChI=1S/C22H27NO4S2/c1-21(2,3)13-7-9-14(10-8-13)23-19(25)18-15-11-22(4,5)12-16(24)17(15)20(28-18)29(6,26)27/h7-10H,11-12H2,1-6H3,(H,23,25). The van der Waals surface area contributed by atoms with E-state index in [9.17, 15) is 18.0 Å². The molecule has 7 heteroatoms. The zero-order valence-corrected chi connectivity index (χ0v) is 19.3. The molecule has 29 heavy (non-hydrogen) atoms. The van der Waals surface area contributed by atoms with Gasteiger partial charge in [-0.15, -0.1) is 11.3 Å². The molecule has 0 fully saturated rings. The summed E-state index contributed by atoms with van der Waals surface area (Å²) in [6.45, 7) is 10.3. The molecule has 1 amide bonds. The van der Waals surface area contributed by atoms with Gasteiger partial charge >= 0.3 is 0 Å². The van der Waals surface area contributed by atoms with Gasteiger partial charge in [0.25, 0.3) is 5.91 Å². The van der Waals surface area contributed by atoms with Crippen LogP contribution in [0.4, 0.5) is 5.69 Å². The highest BCUT2D eigenvalue weighted by molar-refractivity contribution is 7.92. The fourth-order valence-electron chi connectivity index (χ4n) is 3.64. The summed E-state index contributed by atoms with van der Waals surface area (Å²) in [5, 5.41) is 2.86. The number of Topliss-reactive ketones (excluding diaryl/α,β-unsaturated/α-hetero) is 1. The van der Waals surface area contributed by atoms with Crippen molar-refractivity contribution in [3.63, 3.8) is 0 Å². The summed E-state index contributed by atoms with van der Waals surface area (Å²) in [4.78, 5) is 26.0. The lowest BCUT2D eigenvalue weighted by Gasteiger charge is -2.29. The molecular weight excluding hydrogens is 406 g/mol. The molecule has 1 N–H and O–H groups in total. The fraction of sp³-hybridized carbons (Fsp3) is 0.455. The number of hydrogen-bond donors (Lipinski definition) is 1. The molecule has 1 aliphatic carbocycles. The number of hydrogen-bond acceptors (Lipinski definition) is 5. The number of sulfone groups is 1. The monoisotopic (exact) mass is 433 g/mol. The van der Waals surface area contributed by atoms with E-state index in [-0.39, 0.29) is 38.7 Å². The van der Waals surface area contributed by atoms with Crippen LogP contribution in [0.15, 0.2) is 28.5 Å². The first kappa shape index (κ1) is 21.7. The molecule has 0 saturated heterocycles. The zero-order chi connectivity index (χ0) is 21.8. The molecule has 0 saturated carbocycles. The minimum Gasteiger partial charge on any atom is -0.321 e. The number of rotatable bonds is 3. The van der Waals surface area contributed by atoms with Crippen molar-refractivity contribution in [1.82, 2.24) is 0 Å². The average Bonchev–Trinajstić information content (AvgIpc) is 2.93. The van der Waals surface area contributed by atoms with Gasteiger partial charge in [-0.1, -0.05) is 46.8 Å². The van der Waals surface area contributed by atoms with Gasteiger partial charge in [0.1, 0.15) is 4.21 Å². The highest BCUT2D eigenvalue weighted by Crippen LogP contribution is 2.43. The first-order chi connectivity index (χ1) is 13.2. The zero-order valence-electron chi connectivity index (χ0n) is 17.7. The highest BCUT2D eigenvalue weighted by atomic mass is 32.2. The summed E-state index contributed by atoms with van der Waals surface area (Å²) in [6, 6.07) is 7.61. The molecule has 0 radical (unpaired) electrons. The van der Waals surface area contributed by atoms with Crippen molar-refractivity contribution in [2.24, 2.45) is 5.41 Å². The van der Waals surface area contributed by atoms with Crippen molar-refractivity contribution in [3.05, 3.63) is 45.8 Å². The minimum absolute atomic E-state index is 0.00114. The van der Waals surface area contributed by atoms with Crippen molar-refractivity contribution in [1.29, 1.82) is 0 Å². The Morgan fingerprint density at radius 1 is 1.10 bits per heavy atom. The van der Waals surface area contributed by atoms with Crippen molar-refractivity contribution in [3.8, 4) is 0 Å². The van der Waals surface area contributed by atoms with Gasteiger partial charge in [-0.2, -0.15) is 0 Å². The van der Waals surface area contributed by atoms with E-state index in [1.54, 1.807) is 0 Å². The van der Waals surface area contributed by atoms with Gasteiger partial charge in [-0.25, -0.2) is 8.42 Å². The van der Waals surface area contributed by atoms with Gasteiger partial charge in [0.2, 0.25) is 0 Å². The van der Waals surface area contributed by atoms with E-state index in [1.165, 1.54) is 0 Å². The number of fused-ring (bicyclic) bond motifs is 1. The molecule has 5 nitrogen and oxygen atoms in total. The summed E-state index contributed by atoms with van der Waals surface area (Å²) < 4.78 is 24.5. The Labute approximate surface area is 176 Å². The summed E-state index contributed by atoms with van der Waals surface area (Å²) >= 11 is 0.901. The molecule has 0 unspecified atom stereocenters. The van der Waals surface area contributed by atoms with Crippen LogP contribution >= 0.6 is 11.3 Å². The molecule has 1 aromatic carbocycles. The Bertz CT molecular complexity index is 1090. The van der Waals surface area contributed by atoms with Crippen LogP contribution in [0.3, 0.4) is 0 Å². The van der Waals surface area contributed by atoms with Crippen molar-refractivity contribution >= 4 is 38.6 Å². The maximum atomic E-state index is 13.0. The third-order valence-corrected chi connectivity index (χ3v) is 8.16. The van der Waals surface area contributed by atoms with Gasteiger partial charge in [0.15, 0.2) is 15.6 Å². The van der Waals surface area contributed by atoms with Crippen molar-refractivity contribution in [2.45, 2.75) is 57.1 Å². The van der Waals surface area contributed by atoms with E-state index in [1.807, 2.05) is 38.1 Å². The third-order valence-electron chi connectivity index (χ3n) is 5.10. The number of carbonyl (C=O) groups is 2. The third kappa shape index (κ3) is 4.46. The van der Waals surface area contributed by atoms with Gasteiger partial charge in [0.05, 0.1) is 10.4 Å². The predicted octanol–water partition coefficient (Wildman–Crippen LogP) is 4.86. The summed E-state index contributed by atoms with van der Waals surface area (Å²) in [6.07, 6.45) is 1.85. The Hall–Kier alpha value is -1.99. The molecule has 156 valence electrons. The first-order valence-corrected chi connectivity index (χ1v) is 12.2. The van der Waals surface area contributed by atoms with Crippen LogP contribution < -0.4 is 5.32 Å². The molecule has 1 aliphatic rings. The van der Waals surface area contributed by atoms with Gasteiger partial charge in [-0.05, 0) is 40.5 Å². The Kier molecular flexibility index (Phi) is 5.28. The van der Waals surface area contributed by atoms with Crippen molar-refractivity contribution < 1.29 is 18.0 Å². The van der Waals surface area contributed by atoms with E-state index < -0.39 is 9.84 Å². The molecule has 0 aliphatic heterocycles. The van der Waals surface area contributed by atoms with Crippen LogP contribution in [-0.2, 0) is 21.7 Å². The lowest BCUT2D eigenvalue weighted by atomic mass is 9.74. The number of thiophene rings is 1. The number of carbonyl (C=O) groups excluding carboxylic acids is 2. The number of amides is 1. The Balaban J connectivity index is 2.00. The summed E-state index contributed by atoms with van der Waals surface area (Å²) in [7, 11) is -3.60. The number of anilines is 1. The lowest BCUT2D eigenvalue weighted by molar-refractivity contribution is 0.0909. The molecule has 0 bridgehead atoms. The molecule has 0 atom stereocenters. The van der Waals surface area contributed by atoms with Crippen LogP contribution in [0.2, 0.25) is 0 Å². The van der Waals surface area contributed by atoms with Crippen LogP contribution in [0.1, 0.15) is 72.2 Å². The summed E-state index contributed by atoms with van der Waals surface area (Å²) in [5.41, 5.74) is 2.24. The number of ketones is 1. The average molecular weight is 434 g/mol. The van der Waals surface area contributed by atoms with E-state index in [0.717, 1.165) is 23.2 Å². The SMILES string of the molecule is CC1(C)CC(=O)c2c(S(C)(=O)=O)sc(C(=O)Nc3ccc(C(C)(C)C)cc3)c2C1. The topological polar surface area (TPSA) is 80.3 Å².